The van der Waals surface area contributed by atoms with Crippen LogP contribution in [-0.2, 0) is 25.6 Å². The number of hydrogen-bond acceptors (Lipinski definition) is 5. The molecule has 0 radical (unpaired) electrons. The van der Waals surface area contributed by atoms with Crippen molar-refractivity contribution >= 4 is 23.7 Å². The minimum atomic E-state index is -1.29. The van der Waals surface area contributed by atoms with Crippen LogP contribution in [0.15, 0.2) is 30.3 Å². The highest BCUT2D eigenvalue weighted by Crippen LogP contribution is 2.03. The number of benzene rings is 1. The summed E-state index contributed by atoms with van der Waals surface area (Å²) < 4.78 is 0. The lowest BCUT2D eigenvalue weighted by molar-refractivity contribution is -0.142. The van der Waals surface area contributed by atoms with E-state index in [0.29, 0.717) is 6.42 Å². The van der Waals surface area contributed by atoms with Gasteiger partial charge in [0.15, 0.2) is 0 Å². The molecule has 0 aliphatic carbocycles. The van der Waals surface area contributed by atoms with Crippen LogP contribution in [-0.4, -0.2) is 46.9 Å². The van der Waals surface area contributed by atoms with Crippen molar-refractivity contribution < 1.29 is 24.3 Å². The summed E-state index contributed by atoms with van der Waals surface area (Å²) in [5, 5.41) is 13.8. The Bertz CT molecular complexity index is 650. The van der Waals surface area contributed by atoms with E-state index in [4.69, 9.17) is 16.6 Å². The molecule has 142 valence electrons. The van der Waals surface area contributed by atoms with Gasteiger partial charge in [-0.1, -0.05) is 30.3 Å². The Morgan fingerprint density at radius 2 is 1.69 bits per heavy atom. The third-order valence-electron chi connectivity index (χ3n) is 3.68. The topological polar surface area (TPSA) is 165 Å². The zero-order valence-electron chi connectivity index (χ0n) is 14.5. The maximum atomic E-state index is 12.1. The molecule has 0 saturated heterocycles. The maximum absolute atomic E-state index is 12.1. The van der Waals surface area contributed by atoms with Crippen LogP contribution in [0, 0.1) is 0 Å². The lowest BCUT2D eigenvalue weighted by Crippen LogP contribution is -2.53. The lowest BCUT2D eigenvalue weighted by atomic mass is 10.1. The van der Waals surface area contributed by atoms with Gasteiger partial charge in [-0.3, -0.25) is 14.4 Å². The summed E-state index contributed by atoms with van der Waals surface area (Å²) in [6.45, 7) is 1.41. The first-order valence-electron chi connectivity index (χ1n) is 8.12. The van der Waals surface area contributed by atoms with Crippen molar-refractivity contribution in [1.82, 2.24) is 10.6 Å². The fraction of sp³-hybridized carbons (Fsp3) is 0.412. The minimum Gasteiger partial charge on any atom is -0.480 e. The first-order valence-corrected chi connectivity index (χ1v) is 8.12. The number of primary amides is 1. The second kappa shape index (κ2) is 10.1. The molecular weight excluding hydrogens is 340 g/mol. The number of nitrogens with two attached hydrogens (primary N) is 2. The van der Waals surface area contributed by atoms with Gasteiger partial charge in [0.25, 0.3) is 0 Å². The lowest BCUT2D eigenvalue weighted by Gasteiger charge is -2.20. The molecule has 9 heteroatoms. The molecule has 0 heterocycles. The zero-order chi connectivity index (χ0) is 19.7. The van der Waals surface area contributed by atoms with Crippen molar-refractivity contribution in [2.45, 2.75) is 44.3 Å². The van der Waals surface area contributed by atoms with Gasteiger partial charge in [0.2, 0.25) is 17.7 Å². The Balaban J connectivity index is 2.54. The Labute approximate surface area is 151 Å². The molecule has 26 heavy (non-hydrogen) atoms. The average molecular weight is 364 g/mol. The summed E-state index contributed by atoms with van der Waals surface area (Å²) in [6, 6.07) is 6.06. The molecule has 0 fully saturated rings. The monoisotopic (exact) mass is 364 g/mol. The molecule has 0 bridgehead atoms. The van der Waals surface area contributed by atoms with Gasteiger partial charge in [-0.2, -0.15) is 0 Å². The predicted octanol–water partition coefficient (Wildman–Crippen LogP) is -1.10. The van der Waals surface area contributed by atoms with Gasteiger partial charge >= 0.3 is 5.97 Å². The van der Waals surface area contributed by atoms with Crippen LogP contribution in [0.1, 0.15) is 25.3 Å². The largest absolute Gasteiger partial charge is 0.480 e. The van der Waals surface area contributed by atoms with Crippen molar-refractivity contribution in [3.05, 3.63) is 35.9 Å². The third-order valence-corrected chi connectivity index (χ3v) is 3.68. The van der Waals surface area contributed by atoms with Gasteiger partial charge in [-0.15, -0.1) is 0 Å². The van der Waals surface area contributed by atoms with Crippen LogP contribution in [0.2, 0.25) is 0 Å². The van der Waals surface area contributed by atoms with Gasteiger partial charge in [0, 0.05) is 6.42 Å². The van der Waals surface area contributed by atoms with Crippen molar-refractivity contribution in [3.63, 3.8) is 0 Å². The molecule has 9 nitrogen and oxygen atoms in total. The number of carboxylic acid groups (broad SMARTS) is 1. The Morgan fingerprint density at radius 3 is 2.23 bits per heavy atom. The standard InChI is InChI=1S/C17H24N4O5/c1-10(15(23)21-13(17(25)26)7-8-14(19)22)20-16(24)12(18)9-11-5-3-2-4-6-11/h2-6,10,12-13H,7-9,18H2,1H3,(H2,19,22)(H,20,24)(H,21,23)(H,25,26). The van der Waals surface area contributed by atoms with E-state index in [-0.39, 0.29) is 12.8 Å². The van der Waals surface area contributed by atoms with E-state index in [0.717, 1.165) is 5.56 Å². The third kappa shape index (κ3) is 7.31. The van der Waals surface area contributed by atoms with Gasteiger partial charge in [-0.25, -0.2) is 4.79 Å². The van der Waals surface area contributed by atoms with Crippen LogP contribution < -0.4 is 22.1 Å². The Morgan fingerprint density at radius 1 is 1.08 bits per heavy atom. The van der Waals surface area contributed by atoms with Crippen molar-refractivity contribution in [2.24, 2.45) is 11.5 Å². The number of carbonyl (C=O) groups excluding carboxylic acids is 3. The molecular formula is C17H24N4O5. The van der Waals surface area contributed by atoms with E-state index in [9.17, 15) is 19.2 Å². The molecule has 0 aromatic heterocycles. The summed E-state index contributed by atoms with van der Waals surface area (Å²) in [6.07, 6.45) is -0.0120. The predicted molar refractivity (Wildman–Crippen MR) is 93.7 cm³/mol. The first kappa shape index (κ1) is 21.1. The number of hydrogen-bond donors (Lipinski definition) is 5. The number of carbonyl (C=O) groups is 4. The highest BCUT2D eigenvalue weighted by Gasteiger charge is 2.25. The summed E-state index contributed by atoms with van der Waals surface area (Å²) in [5.74, 6) is -3.18. The molecule has 1 rings (SSSR count). The smallest absolute Gasteiger partial charge is 0.326 e. The van der Waals surface area contributed by atoms with Gasteiger partial charge in [0.05, 0.1) is 6.04 Å². The van der Waals surface area contributed by atoms with Crippen LogP contribution in [0.4, 0.5) is 0 Å². The second-order valence-corrected chi connectivity index (χ2v) is 5.93. The number of aliphatic carboxylic acids is 1. The van der Waals surface area contributed by atoms with Gasteiger partial charge in [0.1, 0.15) is 12.1 Å². The Kier molecular flexibility index (Phi) is 8.23. The second-order valence-electron chi connectivity index (χ2n) is 5.93. The molecule has 3 unspecified atom stereocenters. The molecule has 3 atom stereocenters. The summed E-state index contributed by atoms with van der Waals surface area (Å²) >= 11 is 0. The van der Waals surface area contributed by atoms with Crippen molar-refractivity contribution in [2.75, 3.05) is 0 Å². The Hall–Kier alpha value is -2.94. The molecule has 0 spiro atoms. The fourth-order valence-corrected chi connectivity index (χ4v) is 2.19. The molecule has 1 aromatic carbocycles. The normalized spacial score (nSPS) is 13.9. The molecule has 3 amide bonds. The summed E-state index contributed by atoms with van der Waals surface area (Å²) in [5.41, 5.74) is 11.7. The molecule has 0 aliphatic rings. The summed E-state index contributed by atoms with van der Waals surface area (Å²) in [7, 11) is 0. The molecule has 7 N–H and O–H groups in total. The zero-order valence-corrected chi connectivity index (χ0v) is 14.5. The van der Waals surface area contributed by atoms with E-state index < -0.39 is 41.8 Å². The average Bonchev–Trinajstić information content (AvgIpc) is 2.58. The molecule has 0 saturated carbocycles. The fourth-order valence-electron chi connectivity index (χ4n) is 2.19. The summed E-state index contributed by atoms with van der Waals surface area (Å²) in [4.78, 5) is 46.1. The molecule has 0 aliphatic heterocycles. The first-order chi connectivity index (χ1) is 12.2. The van der Waals surface area contributed by atoms with Gasteiger partial charge in [-0.05, 0) is 25.3 Å². The quantitative estimate of drug-likeness (QED) is 0.353. The van der Waals surface area contributed by atoms with E-state index in [1.54, 1.807) is 0 Å². The van der Waals surface area contributed by atoms with E-state index in [1.807, 2.05) is 30.3 Å². The van der Waals surface area contributed by atoms with E-state index in [2.05, 4.69) is 10.6 Å². The van der Waals surface area contributed by atoms with Crippen molar-refractivity contribution in [1.29, 1.82) is 0 Å². The van der Waals surface area contributed by atoms with E-state index in [1.165, 1.54) is 6.92 Å². The number of nitrogens with one attached hydrogen (secondary N) is 2. The number of amides is 3. The van der Waals surface area contributed by atoms with E-state index >= 15 is 0 Å². The van der Waals surface area contributed by atoms with Crippen molar-refractivity contribution in [3.8, 4) is 0 Å². The van der Waals surface area contributed by atoms with Crippen LogP contribution in [0.3, 0.4) is 0 Å². The number of rotatable bonds is 10. The highest BCUT2D eigenvalue weighted by molar-refractivity contribution is 5.91. The van der Waals surface area contributed by atoms with Gasteiger partial charge < -0.3 is 27.2 Å². The van der Waals surface area contributed by atoms with Crippen LogP contribution in [0.5, 0.6) is 0 Å². The SMILES string of the molecule is CC(NC(=O)C(N)Cc1ccccc1)C(=O)NC(CCC(N)=O)C(=O)O. The number of carboxylic acids is 1. The minimum absolute atomic E-state index is 0.134. The van der Waals surface area contributed by atoms with Crippen LogP contribution >= 0.6 is 0 Å². The maximum Gasteiger partial charge on any atom is 0.326 e. The molecule has 1 aromatic rings. The highest BCUT2D eigenvalue weighted by atomic mass is 16.4. The van der Waals surface area contributed by atoms with Crippen LogP contribution in [0.25, 0.3) is 0 Å².